The van der Waals surface area contributed by atoms with Crippen LogP contribution < -0.4 is 5.32 Å². The molecule has 3 nitrogen and oxygen atoms in total. The number of benzene rings is 1. The summed E-state index contributed by atoms with van der Waals surface area (Å²) in [6.45, 7) is 2.68. The first kappa shape index (κ1) is 14.0. The molecule has 0 saturated carbocycles. The molecule has 0 atom stereocenters. The third-order valence-electron chi connectivity index (χ3n) is 3.32. The fourth-order valence-corrected chi connectivity index (χ4v) is 2.75. The number of nitrogens with one attached hydrogen (secondary N) is 1. The van der Waals surface area contributed by atoms with Gasteiger partial charge in [0.25, 0.3) is 0 Å². The number of aryl methyl sites for hydroxylation is 1. The van der Waals surface area contributed by atoms with Gasteiger partial charge >= 0.3 is 0 Å². The van der Waals surface area contributed by atoms with Gasteiger partial charge in [0.2, 0.25) is 0 Å². The minimum absolute atomic E-state index is 0.670. The molecular weight excluding hydrogens is 280 g/mol. The number of aromatic nitrogens is 1. The monoisotopic (exact) mass is 298 g/mol. The Hall–Kier alpha value is -1.94. The normalized spacial score (nSPS) is 11.0. The Labute approximate surface area is 128 Å². The predicted octanol–water partition coefficient (Wildman–Crippen LogP) is 4.61. The average Bonchev–Trinajstić information content (AvgIpc) is 2.93. The van der Waals surface area contributed by atoms with Gasteiger partial charge in [0.15, 0.2) is 0 Å². The number of rotatable bonds is 5. The molecule has 0 unspecified atom stereocenters. The Morgan fingerprint density at radius 3 is 2.81 bits per heavy atom. The molecule has 0 saturated heterocycles. The largest absolute Gasteiger partial charge is 0.463 e. The van der Waals surface area contributed by atoms with E-state index in [1.807, 2.05) is 31.2 Å². The Bertz CT molecular complexity index is 751. The van der Waals surface area contributed by atoms with Crippen LogP contribution >= 0.6 is 11.8 Å². The first-order valence-corrected chi connectivity index (χ1v) is 8.32. The molecule has 0 aliphatic rings. The summed E-state index contributed by atoms with van der Waals surface area (Å²) in [7, 11) is 0. The maximum Gasteiger partial charge on any atom is 0.123 e. The molecule has 4 heteroatoms. The number of para-hydroxylation sites is 1. The number of anilines is 1. The molecule has 2 heterocycles. The summed E-state index contributed by atoms with van der Waals surface area (Å²) in [5, 5.41) is 4.57. The van der Waals surface area contributed by atoms with Crippen molar-refractivity contribution in [2.45, 2.75) is 19.2 Å². The van der Waals surface area contributed by atoms with Crippen LogP contribution in [-0.2, 0) is 12.3 Å². The summed E-state index contributed by atoms with van der Waals surface area (Å²) in [4.78, 5) is 4.63. The Morgan fingerprint density at radius 2 is 1.95 bits per heavy atom. The van der Waals surface area contributed by atoms with Gasteiger partial charge in [0.1, 0.15) is 11.5 Å². The maximum atomic E-state index is 5.78. The molecule has 108 valence electrons. The molecule has 0 aliphatic heterocycles. The van der Waals surface area contributed by atoms with Gasteiger partial charge in [-0.3, -0.25) is 4.98 Å². The number of fused-ring (bicyclic) bond motifs is 1. The number of furan rings is 1. The standard InChI is InChI=1S/C17H18N2OS/c1-12-6-7-13-4-3-5-16(17(13)19-12)18-10-14-8-9-15(20-14)11-21-2/h3-9,18H,10-11H2,1-2H3. The van der Waals surface area contributed by atoms with E-state index in [9.17, 15) is 0 Å². The summed E-state index contributed by atoms with van der Waals surface area (Å²) in [6, 6.07) is 14.4. The zero-order chi connectivity index (χ0) is 14.7. The second kappa shape index (κ2) is 6.22. The van der Waals surface area contributed by atoms with Crippen LogP contribution in [0.4, 0.5) is 5.69 Å². The average molecular weight is 298 g/mol. The molecule has 1 N–H and O–H groups in total. The van der Waals surface area contributed by atoms with Gasteiger partial charge in [-0.25, -0.2) is 0 Å². The van der Waals surface area contributed by atoms with Crippen molar-refractivity contribution in [3.63, 3.8) is 0 Å². The number of nitrogens with zero attached hydrogens (tertiary/aromatic N) is 1. The quantitative estimate of drug-likeness (QED) is 0.746. The van der Waals surface area contributed by atoms with E-state index in [2.05, 4.69) is 34.8 Å². The summed E-state index contributed by atoms with van der Waals surface area (Å²) in [5.74, 6) is 2.88. The van der Waals surface area contributed by atoms with E-state index in [1.165, 1.54) is 0 Å². The Balaban J connectivity index is 1.79. The van der Waals surface area contributed by atoms with Gasteiger partial charge < -0.3 is 9.73 Å². The van der Waals surface area contributed by atoms with Crippen molar-refractivity contribution in [2.75, 3.05) is 11.6 Å². The summed E-state index contributed by atoms with van der Waals surface area (Å²) < 4.78 is 5.78. The van der Waals surface area contributed by atoms with Crippen LogP contribution in [0.2, 0.25) is 0 Å². The number of thioether (sulfide) groups is 1. The molecule has 0 spiro atoms. The van der Waals surface area contributed by atoms with E-state index in [0.717, 1.165) is 39.6 Å². The minimum atomic E-state index is 0.670. The SMILES string of the molecule is CSCc1ccc(CNc2cccc3ccc(C)nc23)o1. The highest BCUT2D eigenvalue weighted by atomic mass is 32.2. The molecule has 21 heavy (non-hydrogen) atoms. The van der Waals surface area contributed by atoms with Crippen molar-refractivity contribution < 1.29 is 4.42 Å². The van der Waals surface area contributed by atoms with Crippen LogP contribution in [0.15, 0.2) is 46.9 Å². The zero-order valence-corrected chi connectivity index (χ0v) is 13.0. The summed E-state index contributed by atoms with van der Waals surface area (Å²) in [5.41, 5.74) is 3.07. The van der Waals surface area contributed by atoms with E-state index in [4.69, 9.17) is 4.42 Å². The third kappa shape index (κ3) is 3.22. The lowest BCUT2D eigenvalue weighted by atomic mass is 10.1. The minimum Gasteiger partial charge on any atom is -0.463 e. The van der Waals surface area contributed by atoms with Crippen molar-refractivity contribution in [3.05, 3.63) is 59.7 Å². The summed E-state index contributed by atoms with van der Waals surface area (Å²) in [6.07, 6.45) is 2.07. The van der Waals surface area contributed by atoms with Crippen LogP contribution in [0, 0.1) is 6.92 Å². The highest BCUT2D eigenvalue weighted by Gasteiger charge is 2.05. The first-order chi connectivity index (χ1) is 10.3. The van der Waals surface area contributed by atoms with Crippen molar-refractivity contribution in [2.24, 2.45) is 0 Å². The van der Waals surface area contributed by atoms with E-state index < -0.39 is 0 Å². The molecule has 3 rings (SSSR count). The highest BCUT2D eigenvalue weighted by molar-refractivity contribution is 7.97. The van der Waals surface area contributed by atoms with Crippen LogP contribution in [0.1, 0.15) is 17.2 Å². The topological polar surface area (TPSA) is 38.1 Å². The van der Waals surface area contributed by atoms with Crippen LogP contribution in [-0.4, -0.2) is 11.2 Å². The van der Waals surface area contributed by atoms with E-state index >= 15 is 0 Å². The Kier molecular flexibility index (Phi) is 4.15. The van der Waals surface area contributed by atoms with E-state index in [-0.39, 0.29) is 0 Å². The van der Waals surface area contributed by atoms with Crippen molar-refractivity contribution in [1.82, 2.24) is 4.98 Å². The van der Waals surface area contributed by atoms with Gasteiger partial charge in [0.05, 0.1) is 23.5 Å². The Morgan fingerprint density at radius 1 is 1.10 bits per heavy atom. The first-order valence-electron chi connectivity index (χ1n) is 6.93. The fourth-order valence-electron chi connectivity index (χ4n) is 2.31. The van der Waals surface area contributed by atoms with Crippen molar-refractivity contribution in [1.29, 1.82) is 0 Å². The predicted molar refractivity (Wildman–Crippen MR) is 89.7 cm³/mol. The molecular formula is C17H18N2OS. The highest BCUT2D eigenvalue weighted by Crippen LogP contribution is 2.23. The molecule has 0 radical (unpaired) electrons. The number of hydrogen-bond donors (Lipinski definition) is 1. The lowest BCUT2D eigenvalue weighted by molar-refractivity contribution is 0.487. The molecule has 1 aromatic carbocycles. The third-order valence-corrected chi connectivity index (χ3v) is 3.89. The second-order valence-electron chi connectivity index (χ2n) is 4.98. The molecule has 2 aromatic heterocycles. The fraction of sp³-hybridized carbons (Fsp3) is 0.235. The van der Waals surface area contributed by atoms with Gasteiger partial charge in [-0.1, -0.05) is 18.2 Å². The van der Waals surface area contributed by atoms with Crippen molar-refractivity contribution >= 4 is 28.4 Å². The molecule has 0 amide bonds. The van der Waals surface area contributed by atoms with Gasteiger partial charge in [-0.15, -0.1) is 0 Å². The van der Waals surface area contributed by atoms with E-state index in [0.29, 0.717) is 6.54 Å². The molecule has 0 bridgehead atoms. The second-order valence-corrected chi connectivity index (χ2v) is 5.85. The van der Waals surface area contributed by atoms with Crippen molar-refractivity contribution in [3.8, 4) is 0 Å². The smallest absolute Gasteiger partial charge is 0.123 e. The number of hydrogen-bond acceptors (Lipinski definition) is 4. The van der Waals surface area contributed by atoms with Crippen LogP contribution in [0.25, 0.3) is 10.9 Å². The lowest BCUT2D eigenvalue weighted by Crippen LogP contribution is -2.00. The van der Waals surface area contributed by atoms with Gasteiger partial charge in [-0.2, -0.15) is 11.8 Å². The van der Waals surface area contributed by atoms with E-state index in [1.54, 1.807) is 11.8 Å². The molecule has 3 aromatic rings. The summed E-state index contributed by atoms with van der Waals surface area (Å²) >= 11 is 1.76. The van der Waals surface area contributed by atoms with Crippen LogP contribution in [0.3, 0.4) is 0 Å². The lowest BCUT2D eigenvalue weighted by Gasteiger charge is -2.08. The van der Waals surface area contributed by atoms with Crippen LogP contribution in [0.5, 0.6) is 0 Å². The zero-order valence-electron chi connectivity index (χ0n) is 12.2. The number of pyridine rings is 1. The molecule has 0 fully saturated rings. The maximum absolute atomic E-state index is 5.78. The molecule has 0 aliphatic carbocycles. The van der Waals surface area contributed by atoms with Gasteiger partial charge in [-0.05, 0) is 37.4 Å². The van der Waals surface area contributed by atoms with Gasteiger partial charge in [0, 0.05) is 11.1 Å².